The lowest BCUT2D eigenvalue weighted by Crippen LogP contribution is -2.56. The van der Waals surface area contributed by atoms with Crippen LogP contribution >= 0.6 is 0 Å². The van der Waals surface area contributed by atoms with Crippen LogP contribution in [-0.4, -0.2) is 45.9 Å². The summed E-state index contributed by atoms with van der Waals surface area (Å²) in [6.45, 7) is 5.49. The average molecular weight is 315 g/mol. The molecule has 2 rings (SSSR count). The molecule has 1 atom stereocenters. The van der Waals surface area contributed by atoms with Crippen molar-refractivity contribution in [3.8, 4) is 0 Å². The maximum Gasteiger partial charge on any atom is 0.322 e. The Morgan fingerprint density at radius 1 is 1.48 bits per heavy atom. The maximum absolute atomic E-state index is 12.7. The van der Waals surface area contributed by atoms with Crippen molar-refractivity contribution in [3.05, 3.63) is 12.0 Å². The van der Waals surface area contributed by atoms with Gasteiger partial charge in [-0.25, -0.2) is 13.4 Å². The van der Waals surface area contributed by atoms with Crippen molar-refractivity contribution in [2.45, 2.75) is 44.7 Å². The second-order valence-electron chi connectivity index (χ2n) is 6.19. The summed E-state index contributed by atoms with van der Waals surface area (Å²) in [5.41, 5.74) is -0.610. The van der Waals surface area contributed by atoms with Crippen molar-refractivity contribution >= 4 is 16.0 Å². The second kappa shape index (κ2) is 5.10. The predicted octanol–water partition coefficient (Wildman–Crippen LogP) is 0.992. The fourth-order valence-corrected chi connectivity index (χ4v) is 4.63. The van der Waals surface area contributed by atoms with E-state index < -0.39 is 27.4 Å². The topological polar surface area (TPSA) is 92.5 Å². The SMILES string of the molecule is Cc1nc(S(=O)(=O)N2CCCC(C)(C)C2C(=O)O)cn1C. The van der Waals surface area contributed by atoms with Crippen LogP contribution in [0.1, 0.15) is 32.5 Å². The highest BCUT2D eigenvalue weighted by Crippen LogP contribution is 2.38. The highest BCUT2D eigenvalue weighted by Gasteiger charge is 2.48. The van der Waals surface area contributed by atoms with Gasteiger partial charge < -0.3 is 9.67 Å². The fourth-order valence-electron chi connectivity index (χ4n) is 2.83. The molecule has 2 heterocycles. The van der Waals surface area contributed by atoms with Crippen LogP contribution in [0, 0.1) is 12.3 Å². The zero-order chi connectivity index (χ0) is 16.0. The van der Waals surface area contributed by atoms with Gasteiger partial charge in [-0.15, -0.1) is 0 Å². The lowest BCUT2D eigenvalue weighted by Gasteiger charge is -2.42. The Labute approximate surface area is 124 Å². The number of imidazole rings is 1. The lowest BCUT2D eigenvalue weighted by atomic mass is 9.77. The van der Waals surface area contributed by atoms with Gasteiger partial charge >= 0.3 is 5.97 Å². The van der Waals surface area contributed by atoms with Gasteiger partial charge in [0, 0.05) is 19.8 Å². The molecule has 1 N–H and O–H groups in total. The number of sulfonamides is 1. The molecular weight excluding hydrogens is 294 g/mol. The van der Waals surface area contributed by atoms with E-state index in [0.29, 0.717) is 18.7 Å². The van der Waals surface area contributed by atoms with Crippen molar-refractivity contribution in [2.75, 3.05) is 6.54 Å². The number of piperidine rings is 1. The number of nitrogens with zero attached hydrogens (tertiary/aromatic N) is 3. The van der Waals surface area contributed by atoms with Crippen LogP contribution in [0.2, 0.25) is 0 Å². The molecule has 1 saturated heterocycles. The summed E-state index contributed by atoms with van der Waals surface area (Å²) < 4.78 is 28.2. The molecule has 0 radical (unpaired) electrons. The summed E-state index contributed by atoms with van der Waals surface area (Å²) in [4.78, 5) is 15.6. The third kappa shape index (κ3) is 2.69. The van der Waals surface area contributed by atoms with E-state index in [1.54, 1.807) is 32.4 Å². The summed E-state index contributed by atoms with van der Waals surface area (Å²) in [5.74, 6) is -0.548. The molecule has 8 heteroatoms. The minimum Gasteiger partial charge on any atom is -0.480 e. The van der Waals surface area contributed by atoms with Crippen LogP contribution in [0.15, 0.2) is 11.2 Å². The molecule has 1 aliphatic rings. The largest absolute Gasteiger partial charge is 0.480 e. The Bertz CT molecular complexity index is 643. The number of rotatable bonds is 3. The van der Waals surface area contributed by atoms with Crippen molar-refractivity contribution in [2.24, 2.45) is 12.5 Å². The van der Waals surface area contributed by atoms with Crippen LogP contribution in [0.5, 0.6) is 0 Å². The second-order valence-corrected chi connectivity index (χ2v) is 8.02. The first-order chi connectivity index (χ1) is 9.57. The zero-order valence-corrected chi connectivity index (χ0v) is 13.5. The van der Waals surface area contributed by atoms with Gasteiger partial charge in [0.1, 0.15) is 11.9 Å². The van der Waals surface area contributed by atoms with Crippen LogP contribution < -0.4 is 0 Å². The van der Waals surface area contributed by atoms with Gasteiger partial charge in [0.05, 0.1) is 0 Å². The summed E-state index contributed by atoms with van der Waals surface area (Å²) >= 11 is 0. The van der Waals surface area contributed by atoms with Gasteiger partial charge in [-0.3, -0.25) is 4.79 Å². The van der Waals surface area contributed by atoms with E-state index in [2.05, 4.69) is 4.98 Å². The van der Waals surface area contributed by atoms with E-state index in [4.69, 9.17) is 0 Å². The maximum atomic E-state index is 12.7. The number of aryl methyl sites for hydroxylation is 2. The quantitative estimate of drug-likeness (QED) is 0.898. The molecule has 1 unspecified atom stereocenters. The van der Waals surface area contributed by atoms with Crippen LogP contribution in [0.25, 0.3) is 0 Å². The number of carboxylic acid groups (broad SMARTS) is 1. The van der Waals surface area contributed by atoms with Crippen LogP contribution in [0.4, 0.5) is 0 Å². The molecule has 0 amide bonds. The highest BCUT2D eigenvalue weighted by molar-refractivity contribution is 7.89. The van der Waals surface area contributed by atoms with E-state index in [-0.39, 0.29) is 11.6 Å². The number of carbonyl (C=O) groups is 1. The summed E-state index contributed by atoms with van der Waals surface area (Å²) in [6, 6.07) is -1.07. The molecule has 1 aliphatic heterocycles. The fraction of sp³-hybridized carbons (Fsp3) is 0.692. The molecule has 118 valence electrons. The Kier molecular flexibility index (Phi) is 3.88. The Balaban J connectivity index is 2.49. The van der Waals surface area contributed by atoms with Crippen molar-refractivity contribution in [1.82, 2.24) is 13.9 Å². The molecule has 1 aromatic rings. The lowest BCUT2D eigenvalue weighted by molar-refractivity contribution is -0.147. The third-order valence-electron chi connectivity index (χ3n) is 4.12. The standard InChI is InChI=1S/C13H21N3O4S/c1-9-14-10(8-15(9)4)21(19,20)16-7-5-6-13(2,3)11(16)12(17)18/h8,11H,5-7H2,1-4H3,(H,17,18). The minimum atomic E-state index is -3.91. The van der Waals surface area contributed by atoms with E-state index >= 15 is 0 Å². The van der Waals surface area contributed by atoms with Gasteiger partial charge in [-0.2, -0.15) is 4.31 Å². The van der Waals surface area contributed by atoms with E-state index in [1.165, 1.54) is 6.20 Å². The van der Waals surface area contributed by atoms with Gasteiger partial charge in [0.25, 0.3) is 10.0 Å². The normalized spacial score (nSPS) is 23.1. The molecule has 1 fully saturated rings. The Hall–Kier alpha value is -1.41. The predicted molar refractivity (Wildman–Crippen MR) is 76.3 cm³/mol. The Morgan fingerprint density at radius 2 is 2.10 bits per heavy atom. The monoisotopic (exact) mass is 315 g/mol. The number of hydrogen-bond acceptors (Lipinski definition) is 4. The molecule has 0 spiro atoms. The van der Waals surface area contributed by atoms with Gasteiger partial charge in [-0.05, 0) is 25.2 Å². The van der Waals surface area contributed by atoms with Crippen LogP contribution in [0.3, 0.4) is 0 Å². The van der Waals surface area contributed by atoms with Crippen LogP contribution in [-0.2, 0) is 21.9 Å². The molecule has 21 heavy (non-hydrogen) atoms. The highest BCUT2D eigenvalue weighted by atomic mass is 32.2. The average Bonchev–Trinajstić information content (AvgIpc) is 2.68. The molecule has 0 saturated carbocycles. The van der Waals surface area contributed by atoms with Crippen molar-refractivity contribution in [1.29, 1.82) is 0 Å². The first kappa shape index (κ1) is 16.0. The van der Waals surface area contributed by atoms with E-state index in [0.717, 1.165) is 4.31 Å². The van der Waals surface area contributed by atoms with Crippen molar-refractivity contribution in [3.63, 3.8) is 0 Å². The number of hydrogen-bond donors (Lipinski definition) is 1. The summed E-state index contributed by atoms with van der Waals surface area (Å²) in [7, 11) is -2.20. The number of aliphatic carboxylic acids is 1. The van der Waals surface area contributed by atoms with Crippen molar-refractivity contribution < 1.29 is 18.3 Å². The third-order valence-corrected chi connectivity index (χ3v) is 5.86. The molecule has 0 bridgehead atoms. The zero-order valence-electron chi connectivity index (χ0n) is 12.7. The molecule has 7 nitrogen and oxygen atoms in total. The smallest absolute Gasteiger partial charge is 0.322 e. The van der Waals surface area contributed by atoms with Gasteiger partial charge in [0.2, 0.25) is 0 Å². The Morgan fingerprint density at radius 3 is 2.57 bits per heavy atom. The molecule has 1 aromatic heterocycles. The molecule has 0 aromatic carbocycles. The first-order valence-electron chi connectivity index (χ1n) is 6.82. The minimum absolute atomic E-state index is 0.0912. The molecular formula is C13H21N3O4S. The van der Waals surface area contributed by atoms with Gasteiger partial charge in [0.15, 0.2) is 5.03 Å². The van der Waals surface area contributed by atoms with E-state index in [1.807, 2.05) is 0 Å². The number of carboxylic acids is 1. The molecule has 0 aliphatic carbocycles. The summed E-state index contributed by atoms with van der Waals surface area (Å²) in [5, 5.41) is 9.39. The number of aromatic nitrogens is 2. The first-order valence-corrected chi connectivity index (χ1v) is 8.26. The van der Waals surface area contributed by atoms with Gasteiger partial charge in [-0.1, -0.05) is 13.8 Å². The summed E-state index contributed by atoms with van der Waals surface area (Å²) in [6.07, 6.45) is 2.74. The van der Waals surface area contributed by atoms with E-state index in [9.17, 15) is 18.3 Å².